The van der Waals surface area contributed by atoms with Crippen molar-refractivity contribution < 1.29 is 9.53 Å². The van der Waals surface area contributed by atoms with Gasteiger partial charge in [0.1, 0.15) is 6.10 Å². The Balaban J connectivity index is 1.61. The van der Waals surface area contributed by atoms with Crippen LogP contribution in [0.2, 0.25) is 0 Å². The third-order valence-corrected chi connectivity index (χ3v) is 3.86. The lowest BCUT2D eigenvalue weighted by Gasteiger charge is -2.12. The highest BCUT2D eigenvalue weighted by molar-refractivity contribution is 7.99. The summed E-state index contributed by atoms with van der Waals surface area (Å²) >= 11 is 1.55. The van der Waals surface area contributed by atoms with Gasteiger partial charge in [0, 0.05) is 23.8 Å². The lowest BCUT2D eigenvalue weighted by atomic mass is 10.3. The molecule has 19 heavy (non-hydrogen) atoms. The summed E-state index contributed by atoms with van der Waals surface area (Å²) in [6.45, 7) is 0.580. The van der Waals surface area contributed by atoms with Crippen molar-refractivity contribution in [1.82, 2.24) is 9.97 Å². The number of carbonyl (C=O) groups excluding carboxylic acids is 1. The number of hydrogen-bond donors (Lipinski definition) is 1. The minimum Gasteiger partial charge on any atom is -0.443 e. The average molecular weight is 275 g/mol. The number of imidazole rings is 1. The summed E-state index contributed by atoms with van der Waals surface area (Å²) in [6, 6.07) is 9.56. The number of anilines is 1. The highest BCUT2D eigenvalue weighted by atomic mass is 32.2. The van der Waals surface area contributed by atoms with Crippen LogP contribution in [0.3, 0.4) is 0 Å². The fourth-order valence-electron chi connectivity index (χ4n) is 1.93. The Hall–Kier alpha value is -1.95. The van der Waals surface area contributed by atoms with Gasteiger partial charge in [0.2, 0.25) is 0 Å². The van der Waals surface area contributed by atoms with Crippen molar-refractivity contribution >= 4 is 23.5 Å². The van der Waals surface area contributed by atoms with Crippen LogP contribution in [0, 0.1) is 0 Å². The van der Waals surface area contributed by atoms with E-state index >= 15 is 0 Å². The third-order valence-electron chi connectivity index (χ3n) is 2.82. The molecule has 5 nitrogen and oxygen atoms in total. The van der Waals surface area contributed by atoms with Gasteiger partial charge in [-0.3, -0.25) is 4.90 Å². The van der Waals surface area contributed by atoms with Crippen LogP contribution >= 0.6 is 11.8 Å². The van der Waals surface area contributed by atoms with Crippen molar-refractivity contribution in [3.05, 3.63) is 42.7 Å². The summed E-state index contributed by atoms with van der Waals surface area (Å²) < 4.78 is 5.35. The second-order valence-electron chi connectivity index (χ2n) is 4.16. The van der Waals surface area contributed by atoms with Gasteiger partial charge in [0.05, 0.1) is 6.54 Å². The zero-order valence-electron chi connectivity index (χ0n) is 10.2. The highest BCUT2D eigenvalue weighted by Crippen LogP contribution is 2.24. The van der Waals surface area contributed by atoms with Crippen molar-refractivity contribution in [2.24, 2.45) is 0 Å². The van der Waals surface area contributed by atoms with E-state index in [4.69, 9.17) is 4.74 Å². The van der Waals surface area contributed by atoms with Crippen LogP contribution in [0.5, 0.6) is 0 Å². The number of H-pyrrole nitrogens is 1. The Morgan fingerprint density at radius 2 is 2.26 bits per heavy atom. The number of benzene rings is 1. The SMILES string of the molecule is O=C1OC(CSc2ncc[nH]2)CN1c1ccccc1. The maximum Gasteiger partial charge on any atom is 0.414 e. The smallest absolute Gasteiger partial charge is 0.414 e. The molecule has 1 aromatic carbocycles. The predicted octanol–water partition coefficient (Wildman–Crippen LogP) is 2.53. The first-order valence-corrected chi connectivity index (χ1v) is 6.97. The van der Waals surface area contributed by atoms with Gasteiger partial charge in [-0.25, -0.2) is 9.78 Å². The highest BCUT2D eigenvalue weighted by Gasteiger charge is 2.32. The summed E-state index contributed by atoms with van der Waals surface area (Å²) in [6.07, 6.45) is 3.09. The van der Waals surface area contributed by atoms with Gasteiger partial charge in [0.15, 0.2) is 5.16 Å². The maximum absolute atomic E-state index is 11.8. The molecule has 0 bridgehead atoms. The number of ether oxygens (including phenoxy) is 1. The second kappa shape index (κ2) is 5.36. The molecule has 0 spiro atoms. The van der Waals surface area contributed by atoms with Crippen LogP contribution in [0.1, 0.15) is 0 Å². The van der Waals surface area contributed by atoms with Gasteiger partial charge < -0.3 is 9.72 Å². The molecule has 1 aromatic heterocycles. The molecule has 1 N–H and O–H groups in total. The fourth-order valence-corrected chi connectivity index (χ4v) is 2.73. The lowest BCUT2D eigenvalue weighted by molar-refractivity contribution is 0.151. The minimum absolute atomic E-state index is 0.109. The number of hydrogen-bond acceptors (Lipinski definition) is 4. The maximum atomic E-state index is 11.8. The molecule has 2 heterocycles. The standard InChI is InChI=1S/C13H13N3O2S/c17-13-16(10-4-2-1-3-5-10)8-11(18-13)9-19-12-14-6-7-15-12/h1-7,11H,8-9H2,(H,14,15). The number of cyclic esters (lactones) is 1. The van der Waals surface area contributed by atoms with Crippen molar-refractivity contribution in [3.8, 4) is 0 Å². The van der Waals surface area contributed by atoms with E-state index in [0.29, 0.717) is 12.3 Å². The molecule has 2 aromatic rings. The van der Waals surface area contributed by atoms with Crippen LogP contribution in [-0.4, -0.2) is 34.5 Å². The largest absolute Gasteiger partial charge is 0.443 e. The molecule has 0 radical (unpaired) electrons. The van der Waals surface area contributed by atoms with Crippen molar-refractivity contribution in [3.63, 3.8) is 0 Å². The molecular formula is C13H13N3O2S. The summed E-state index contributed by atoms with van der Waals surface area (Å²) in [5, 5.41) is 0.842. The van der Waals surface area contributed by atoms with Gasteiger partial charge in [0.25, 0.3) is 0 Å². The Bertz CT molecular complexity index is 544. The fraction of sp³-hybridized carbons (Fsp3) is 0.231. The van der Waals surface area contributed by atoms with Crippen molar-refractivity contribution in [1.29, 1.82) is 0 Å². The number of para-hydroxylation sites is 1. The van der Waals surface area contributed by atoms with Gasteiger partial charge >= 0.3 is 6.09 Å². The van der Waals surface area contributed by atoms with Gasteiger partial charge in [-0.2, -0.15) is 0 Å². The molecule has 6 heteroatoms. The second-order valence-corrected chi connectivity index (χ2v) is 5.17. The number of carbonyl (C=O) groups is 1. The Morgan fingerprint density at radius 1 is 1.42 bits per heavy atom. The number of aromatic nitrogens is 2. The Labute approximate surface area is 115 Å². The zero-order chi connectivity index (χ0) is 13.1. The summed E-state index contributed by atoms with van der Waals surface area (Å²) in [4.78, 5) is 20.6. The van der Waals surface area contributed by atoms with E-state index in [-0.39, 0.29) is 12.2 Å². The van der Waals surface area contributed by atoms with Crippen LogP contribution < -0.4 is 4.90 Å². The van der Waals surface area contributed by atoms with Crippen molar-refractivity contribution in [2.75, 3.05) is 17.2 Å². The van der Waals surface area contributed by atoms with E-state index in [1.54, 1.807) is 29.1 Å². The molecular weight excluding hydrogens is 262 g/mol. The summed E-state index contributed by atoms with van der Waals surface area (Å²) in [7, 11) is 0. The van der Waals surface area contributed by atoms with Crippen LogP contribution in [0.15, 0.2) is 47.9 Å². The van der Waals surface area contributed by atoms with E-state index in [2.05, 4.69) is 9.97 Å². The molecule has 0 saturated carbocycles. The zero-order valence-corrected chi connectivity index (χ0v) is 11.0. The molecule has 1 aliphatic rings. The lowest BCUT2D eigenvalue weighted by Crippen LogP contribution is -2.24. The van der Waals surface area contributed by atoms with E-state index in [0.717, 1.165) is 10.8 Å². The summed E-state index contributed by atoms with van der Waals surface area (Å²) in [5.74, 6) is 0.697. The normalized spacial score (nSPS) is 18.6. The first-order chi connectivity index (χ1) is 9.33. The van der Waals surface area contributed by atoms with E-state index in [1.165, 1.54) is 0 Å². The number of nitrogens with zero attached hydrogens (tertiary/aromatic N) is 2. The van der Waals surface area contributed by atoms with E-state index in [9.17, 15) is 4.79 Å². The molecule has 1 atom stereocenters. The van der Waals surface area contributed by atoms with E-state index in [1.807, 2.05) is 30.3 Å². The predicted molar refractivity (Wildman–Crippen MR) is 73.4 cm³/mol. The molecule has 1 saturated heterocycles. The van der Waals surface area contributed by atoms with Crippen LogP contribution in [-0.2, 0) is 4.74 Å². The summed E-state index contributed by atoms with van der Waals surface area (Å²) in [5.41, 5.74) is 0.873. The monoisotopic (exact) mass is 275 g/mol. The van der Waals surface area contributed by atoms with Crippen LogP contribution in [0.25, 0.3) is 0 Å². The topological polar surface area (TPSA) is 58.2 Å². The first-order valence-electron chi connectivity index (χ1n) is 5.98. The van der Waals surface area contributed by atoms with Crippen molar-refractivity contribution in [2.45, 2.75) is 11.3 Å². The average Bonchev–Trinajstić information content (AvgIpc) is 3.07. The van der Waals surface area contributed by atoms with Gasteiger partial charge in [-0.15, -0.1) is 0 Å². The van der Waals surface area contributed by atoms with Gasteiger partial charge in [-0.05, 0) is 12.1 Å². The molecule has 1 amide bonds. The molecule has 1 unspecified atom stereocenters. The third kappa shape index (κ3) is 2.73. The molecule has 1 fully saturated rings. The van der Waals surface area contributed by atoms with Gasteiger partial charge in [-0.1, -0.05) is 30.0 Å². The molecule has 3 rings (SSSR count). The molecule has 0 aliphatic carbocycles. The Morgan fingerprint density at radius 3 is 3.00 bits per heavy atom. The number of amides is 1. The minimum atomic E-state index is -0.281. The quantitative estimate of drug-likeness (QED) is 0.871. The number of aromatic amines is 1. The molecule has 1 aliphatic heterocycles. The van der Waals surface area contributed by atoms with Crippen LogP contribution in [0.4, 0.5) is 10.5 Å². The van der Waals surface area contributed by atoms with E-state index < -0.39 is 0 Å². The number of rotatable bonds is 4. The number of thioether (sulfide) groups is 1. The Kier molecular flexibility index (Phi) is 3.41. The number of nitrogens with one attached hydrogen (secondary N) is 1. The molecule has 98 valence electrons. The first kappa shape index (κ1) is 12.1.